The molecule has 136 valence electrons. The van der Waals surface area contributed by atoms with Crippen molar-refractivity contribution >= 4 is 15.7 Å². The van der Waals surface area contributed by atoms with Gasteiger partial charge in [0.1, 0.15) is 5.82 Å². The number of rotatable bonds is 4. The molecule has 6 nitrogen and oxygen atoms in total. The molecule has 0 aromatic carbocycles. The highest BCUT2D eigenvalue weighted by atomic mass is 32.2. The van der Waals surface area contributed by atoms with Crippen molar-refractivity contribution in [1.82, 2.24) is 14.8 Å². The number of nitrogens with one attached hydrogen (secondary N) is 1. The van der Waals surface area contributed by atoms with Crippen molar-refractivity contribution in [2.45, 2.75) is 42.9 Å². The van der Waals surface area contributed by atoms with Crippen molar-refractivity contribution in [3.8, 4) is 5.69 Å². The van der Waals surface area contributed by atoms with Crippen molar-refractivity contribution in [3.63, 3.8) is 0 Å². The van der Waals surface area contributed by atoms with E-state index in [0.717, 1.165) is 42.7 Å². The zero-order valence-electron chi connectivity index (χ0n) is 13.4. The van der Waals surface area contributed by atoms with E-state index in [-0.39, 0.29) is 22.6 Å². The summed E-state index contributed by atoms with van der Waals surface area (Å²) < 4.78 is 63.1. The summed E-state index contributed by atoms with van der Waals surface area (Å²) in [7, 11) is -3.48. The first-order valence-electron chi connectivity index (χ1n) is 7.75. The molecule has 25 heavy (non-hydrogen) atoms. The number of anilines is 1. The molecular formula is C15H17F3N4O2S. The summed E-state index contributed by atoms with van der Waals surface area (Å²) in [6, 6.07) is 3.69. The zero-order valence-corrected chi connectivity index (χ0v) is 14.2. The Morgan fingerprint density at radius 3 is 2.44 bits per heavy atom. The average molecular weight is 374 g/mol. The van der Waals surface area contributed by atoms with Crippen molar-refractivity contribution in [2.24, 2.45) is 0 Å². The van der Waals surface area contributed by atoms with E-state index >= 15 is 0 Å². The van der Waals surface area contributed by atoms with Crippen LogP contribution in [0.25, 0.3) is 5.69 Å². The molecule has 0 spiro atoms. The molecule has 0 amide bonds. The van der Waals surface area contributed by atoms with Crippen molar-refractivity contribution in [1.29, 1.82) is 0 Å². The predicted molar refractivity (Wildman–Crippen MR) is 85.3 cm³/mol. The first-order chi connectivity index (χ1) is 11.6. The third-order valence-corrected chi connectivity index (χ3v) is 5.05. The first-order valence-corrected chi connectivity index (χ1v) is 9.64. The van der Waals surface area contributed by atoms with E-state index in [0.29, 0.717) is 0 Å². The molecule has 10 heteroatoms. The number of aromatic nitrogens is 3. The molecule has 0 atom stereocenters. The molecular weight excluding hydrogens is 357 g/mol. The van der Waals surface area contributed by atoms with Crippen LogP contribution < -0.4 is 5.32 Å². The Balaban J connectivity index is 1.99. The Morgan fingerprint density at radius 2 is 1.92 bits per heavy atom. The van der Waals surface area contributed by atoms with Gasteiger partial charge in [-0.3, -0.25) is 0 Å². The van der Waals surface area contributed by atoms with E-state index in [1.54, 1.807) is 0 Å². The Hall–Kier alpha value is -2.10. The van der Waals surface area contributed by atoms with Gasteiger partial charge in [0.25, 0.3) is 0 Å². The average Bonchev–Trinajstić information content (AvgIpc) is 3.16. The van der Waals surface area contributed by atoms with Gasteiger partial charge in [-0.25, -0.2) is 18.1 Å². The van der Waals surface area contributed by atoms with Crippen LogP contribution in [0.4, 0.5) is 19.0 Å². The molecule has 1 aliphatic rings. The molecule has 0 saturated heterocycles. The second kappa shape index (κ2) is 6.32. The van der Waals surface area contributed by atoms with Gasteiger partial charge in [0.05, 0.1) is 11.9 Å². The molecule has 2 aromatic rings. The fraction of sp³-hybridized carbons (Fsp3) is 0.467. The highest BCUT2D eigenvalue weighted by Gasteiger charge is 2.35. The maximum atomic E-state index is 13.0. The molecule has 0 unspecified atom stereocenters. The number of nitrogens with zero attached hydrogens (tertiary/aromatic N) is 3. The number of pyridine rings is 1. The lowest BCUT2D eigenvalue weighted by atomic mass is 10.2. The predicted octanol–water partition coefficient (Wildman–Crippen LogP) is 3.04. The molecule has 0 bridgehead atoms. The third-order valence-electron chi connectivity index (χ3n) is 4.05. The first kappa shape index (κ1) is 17.7. The van der Waals surface area contributed by atoms with Gasteiger partial charge < -0.3 is 5.32 Å². The zero-order chi connectivity index (χ0) is 18.2. The lowest BCUT2D eigenvalue weighted by molar-refractivity contribution is -0.141. The second-order valence-electron chi connectivity index (χ2n) is 6.08. The summed E-state index contributed by atoms with van der Waals surface area (Å²) in [6.07, 6.45) is 1.47. The number of hydrogen-bond acceptors (Lipinski definition) is 5. The fourth-order valence-corrected chi connectivity index (χ4v) is 3.38. The number of alkyl halides is 3. The van der Waals surface area contributed by atoms with Gasteiger partial charge in [-0.15, -0.1) is 0 Å². The van der Waals surface area contributed by atoms with E-state index in [1.165, 1.54) is 18.3 Å². The highest BCUT2D eigenvalue weighted by molar-refractivity contribution is 7.90. The molecule has 3 rings (SSSR count). The molecule has 0 aliphatic heterocycles. The molecule has 2 aromatic heterocycles. The highest BCUT2D eigenvalue weighted by Crippen LogP contribution is 2.32. The van der Waals surface area contributed by atoms with E-state index < -0.39 is 21.7 Å². The van der Waals surface area contributed by atoms with Gasteiger partial charge in [0.2, 0.25) is 0 Å². The van der Waals surface area contributed by atoms with Gasteiger partial charge in [0.15, 0.2) is 20.6 Å². The SMILES string of the molecule is CS(=O)(=O)c1ccc(-n2nc(C(F)(F)F)cc2NC2CCCC2)cn1. The van der Waals surface area contributed by atoms with Crippen LogP contribution in [0, 0.1) is 0 Å². The number of hydrogen-bond donors (Lipinski definition) is 1. The standard InChI is InChI=1S/C15H17F3N4O2S/c1-25(23,24)14-7-6-11(9-19-14)22-13(20-10-4-2-3-5-10)8-12(21-22)15(16,17)18/h6-10,20H,2-5H2,1H3. The maximum absolute atomic E-state index is 13.0. The van der Waals surface area contributed by atoms with E-state index in [1.807, 2.05) is 0 Å². The van der Waals surface area contributed by atoms with Crippen LogP contribution >= 0.6 is 0 Å². The maximum Gasteiger partial charge on any atom is 0.435 e. The summed E-state index contributed by atoms with van der Waals surface area (Å²) in [6.45, 7) is 0. The van der Waals surface area contributed by atoms with Crippen LogP contribution in [0.2, 0.25) is 0 Å². The summed E-state index contributed by atoms with van der Waals surface area (Å²) in [5, 5.41) is 6.58. The van der Waals surface area contributed by atoms with Crippen LogP contribution in [0.1, 0.15) is 31.4 Å². The Labute approximate surface area is 143 Å². The van der Waals surface area contributed by atoms with Crippen molar-refractivity contribution in [3.05, 3.63) is 30.1 Å². The van der Waals surface area contributed by atoms with Gasteiger partial charge in [0, 0.05) is 18.4 Å². The lowest BCUT2D eigenvalue weighted by Crippen LogP contribution is -2.17. The Bertz CT molecular complexity index is 854. The van der Waals surface area contributed by atoms with Crippen LogP contribution in [-0.4, -0.2) is 35.5 Å². The molecule has 1 fully saturated rings. The minimum atomic E-state index is -4.57. The van der Waals surface area contributed by atoms with Gasteiger partial charge in [-0.2, -0.15) is 18.3 Å². The van der Waals surface area contributed by atoms with Crippen LogP contribution in [0.5, 0.6) is 0 Å². The van der Waals surface area contributed by atoms with E-state index in [2.05, 4.69) is 15.4 Å². The minimum Gasteiger partial charge on any atom is -0.367 e. The molecule has 2 heterocycles. The number of halogens is 3. The van der Waals surface area contributed by atoms with Gasteiger partial charge in [-0.1, -0.05) is 12.8 Å². The normalized spacial score (nSPS) is 16.3. The molecule has 1 saturated carbocycles. The Kier molecular flexibility index (Phi) is 4.48. The van der Waals surface area contributed by atoms with Crippen molar-refractivity contribution in [2.75, 3.05) is 11.6 Å². The summed E-state index contributed by atoms with van der Waals surface area (Å²) in [5.41, 5.74) is -0.761. The van der Waals surface area contributed by atoms with Crippen LogP contribution in [0.3, 0.4) is 0 Å². The fourth-order valence-electron chi connectivity index (χ4n) is 2.82. The molecule has 1 N–H and O–H groups in total. The molecule has 0 radical (unpaired) electrons. The quantitative estimate of drug-likeness (QED) is 0.890. The van der Waals surface area contributed by atoms with E-state index in [9.17, 15) is 21.6 Å². The van der Waals surface area contributed by atoms with Crippen LogP contribution in [0.15, 0.2) is 29.4 Å². The summed E-state index contributed by atoms with van der Waals surface area (Å²) in [4.78, 5) is 3.81. The third kappa shape index (κ3) is 3.94. The lowest BCUT2D eigenvalue weighted by Gasteiger charge is -2.14. The topological polar surface area (TPSA) is 76.9 Å². The molecule has 1 aliphatic carbocycles. The van der Waals surface area contributed by atoms with Crippen LogP contribution in [-0.2, 0) is 16.0 Å². The van der Waals surface area contributed by atoms with Crippen molar-refractivity contribution < 1.29 is 21.6 Å². The second-order valence-corrected chi connectivity index (χ2v) is 8.04. The van der Waals surface area contributed by atoms with Gasteiger partial charge in [-0.05, 0) is 25.0 Å². The monoisotopic (exact) mass is 374 g/mol. The number of sulfone groups is 1. The van der Waals surface area contributed by atoms with E-state index in [4.69, 9.17) is 0 Å². The summed E-state index contributed by atoms with van der Waals surface area (Å²) in [5.74, 6) is 0.216. The Morgan fingerprint density at radius 1 is 1.24 bits per heavy atom. The van der Waals surface area contributed by atoms with Gasteiger partial charge >= 0.3 is 6.18 Å². The summed E-state index contributed by atoms with van der Waals surface area (Å²) >= 11 is 0. The largest absolute Gasteiger partial charge is 0.435 e. The minimum absolute atomic E-state index is 0.0970. The smallest absolute Gasteiger partial charge is 0.367 e.